The van der Waals surface area contributed by atoms with E-state index in [1.54, 1.807) is 7.11 Å². The number of aliphatic carboxylic acids is 1. The topological polar surface area (TPSA) is 58.6 Å². The number of thioether (sulfide) groups is 1. The molecule has 0 saturated carbocycles. The summed E-state index contributed by atoms with van der Waals surface area (Å²) < 4.78 is 11.4. The smallest absolute Gasteiger partial charge is 0.102 e. The quantitative estimate of drug-likeness (QED) is 0.414. The summed E-state index contributed by atoms with van der Waals surface area (Å²) in [6, 6.07) is 0. The van der Waals surface area contributed by atoms with Gasteiger partial charge in [-0.1, -0.05) is 0 Å². The first-order valence-electron chi connectivity index (χ1n) is 7.04. The van der Waals surface area contributed by atoms with Crippen LogP contribution in [0.4, 0.5) is 0 Å². The van der Waals surface area contributed by atoms with E-state index in [4.69, 9.17) is 9.47 Å². The van der Waals surface area contributed by atoms with E-state index in [-0.39, 0.29) is 6.42 Å². The molecule has 0 rings (SSSR count). The van der Waals surface area contributed by atoms with Gasteiger partial charge in [-0.15, -0.1) is 0 Å². The Morgan fingerprint density at radius 2 is 1.80 bits per heavy atom. The van der Waals surface area contributed by atoms with Gasteiger partial charge in [0, 0.05) is 13.1 Å². The van der Waals surface area contributed by atoms with Crippen LogP contribution in [-0.2, 0) is 14.3 Å². The van der Waals surface area contributed by atoms with Gasteiger partial charge in [-0.3, -0.25) is 0 Å². The highest BCUT2D eigenvalue weighted by Crippen LogP contribution is 1.99. The minimum atomic E-state index is -0.964. The molecule has 0 bridgehead atoms. The molecule has 0 aliphatic carbocycles. The largest absolute Gasteiger partial charge is 0.550 e. The average molecular weight is 309 g/mol. The molecule has 0 atom stereocenters. The number of nitrogens with zero attached hydrogens (tertiary/aromatic N) is 1. The third-order valence-corrected chi connectivity index (χ3v) is 3.86. The van der Waals surface area contributed by atoms with Crippen molar-refractivity contribution >= 4 is 17.7 Å². The Balaban J connectivity index is 0. The maximum Gasteiger partial charge on any atom is 0.102 e. The molecule has 0 heterocycles. The van der Waals surface area contributed by atoms with Crippen molar-refractivity contribution in [3.63, 3.8) is 0 Å². The van der Waals surface area contributed by atoms with E-state index >= 15 is 0 Å². The Morgan fingerprint density at radius 1 is 1.20 bits per heavy atom. The van der Waals surface area contributed by atoms with Crippen LogP contribution in [0.3, 0.4) is 0 Å². The number of carboxylic acid groups (broad SMARTS) is 1. The molecule has 0 aromatic carbocycles. The highest BCUT2D eigenvalue weighted by Gasteiger charge is 2.15. The summed E-state index contributed by atoms with van der Waals surface area (Å²) in [4.78, 5) is 9.63. The van der Waals surface area contributed by atoms with Crippen LogP contribution in [0.1, 0.15) is 20.3 Å². The van der Waals surface area contributed by atoms with E-state index in [9.17, 15) is 9.90 Å². The van der Waals surface area contributed by atoms with Crippen molar-refractivity contribution < 1.29 is 23.9 Å². The second-order valence-corrected chi connectivity index (χ2v) is 5.68. The number of hydrogen-bond acceptors (Lipinski definition) is 5. The Hall–Kier alpha value is -0.300. The fourth-order valence-corrected chi connectivity index (χ4v) is 1.63. The number of likely N-dealkylation sites (N-methyl/N-ethyl adjacent to an activating group) is 1. The van der Waals surface area contributed by atoms with Gasteiger partial charge < -0.3 is 23.9 Å². The molecule has 0 radical (unpaired) electrons. The molecule has 0 aromatic rings. The van der Waals surface area contributed by atoms with Crippen molar-refractivity contribution in [3.05, 3.63) is 0 Å². The van der Waals surface area contributed by atoms with Crippen LogP contribution in [0.25, 0.3) is 0 Å². The normalized spacial score (nSPS) is 10.8. The molecule has 0 spiro atoms. The number of carbonyl (C=O) groups is 1. The Kier molecular flexibility index (Phi) is 16.6. The van der Waals surface area contributed by atoms with E-state index in [0.717, 1.165) is 17.6 Å². The first kappa shape index (κ1) is 22.0. The lowest BCUT2D eigenvalue weighted by Gasteiger charge is -2.31. The molecule has 0 fully saturated rings. The van der Waals surface area contributed by atoms with Crippen LogP contribution in [0.15, 0.2) is 0 Å². The standard InChI is InChI=1S/C10H24NO2.C4H8O2S/c1-5-11(3,6-2)7-8-13-10-9-12-4;1-7-3-2-4(5)6/h5-10H2,1-4H3;2-3H2,1H3,(H,5,6)/q+1;/p-1. The molecule has 20 heavy (non-hydrogen) atoms. The SMILES string of the molecule is CC[N+](C)(CC)CCOCCOC.CSCCC(=O)[O-]. The van der Waals surface area contributed by atoms with E-state index in [1.807, 2.05) is 6.26 Å². The van der Waals surface area contributed by atoms with Crippen molar-refractivity contribution in [1.82, 2.24) is 0 Å². The number of ether oxygens (including phenoxy) is 2. The monoisotopic (exact) mass is 309 g/mol. The molecule has 0 N–H and O–H groups in total. The predicted molar refractivity (Wildman–Crippen MR) is 82.8 cm³/mol. The van der Waals surface area contributed by atoms with Gasteiger partial charge in [0.25, 0.3) is 0 Å². The van der Waals surface area contributed by atoms with Gasteiger partial charge in [0.15, 0.2) is 0 Å². The fourth-order valence-electron chi connectivity index (χ4n) is 1.25. The number of carboxylic acids is 1. The number of rotatable bonds is 11. The molecule has 0 amide bonds. The molecule has 5 nitrogen and oxygen atoms in total. The molecule has 0 unspecified atom stereocenters. The lowest BCUT2D eigenvalue weighted by molar-refractivity contribution is -0.906. The highest BCUT2D eigenvalue weighted by atomic mass is 32.2. The van der Waals surface area contributed by atoms with Crippen molar-refractivity contribution in [3.8, 4) is 0 Å². The molecule has 6 heteroatoms. The third-order valence-electron chi connectivity index (χ3n) is 3.24. The fraction of sp³-hybridized carbons (Fsp3) is 0.929. The van der Waals surface area contributed by atoms with E-state index in [2.05, 4.69) is 20.9 Å². The van der Waals surface area contributed by atoms with Crippen molar-refractivity contribution in [1.29, 1.82) is 0 Å². The van der Waals surface area contributed by atoms with Crippen molar-refractivity contribution in [2.75, 3.05) is 65.6 Å². The zero-order valence-electron chi connectivity index (χ0n) is 13.6. The summed E-state index contributed by atoms with van der Waals surface area (Å²) in [5.74, 6) is -0.308. The summed E-state index contributed by atoms with van der Waals surface area (Å²) in [6.45, 7) is 10.1. The maximum atomic E-state index is 9.63. The van der Waals surface area contributed by atoms with Crippen LogP contribution in [0, 0.1) is 0 Å². The molecular weight excluding hydrogens is 278 g/mol. The summed E-state index contributed by atoms with van der Waals surface area (Å²) in [5, 5.41) is 9.63. The van der Waals surface area contributed by atoms with Gasteiger partial charge in [0.1, 0.15) is 6.54 Å². The summed E-state index contributed by atoms with van der Waals surface area (Å²) in [7, 11) is 3.96. The van der Waals surface area contributed by atoms with Crippen molar-refractivity contribution in [2.24, 2.45) is 0 Å². The van der Waals surface area contributed by atoms with Crippen LogP contribution in [0.2, 0.25) is 0 Å². The lowest BCUT2D eigenvalue weighted by atomic mass is 10.4. The Labute approximate surface area is 128 Å². The number of carbonyl (C=O) groups excluding carboxylic acids is 1. The van der Waals surface area contributed by atoms with Gasteiger partial charge >= 0.3 is 0 Å². The minimum absolute atomic E-state index is 0.168. The summed E-state index contributed by atoms with van der Waals surface area (Å²) >= 11 is 1.51. The van der Waals surface area contributed by atoms with Crippen LogP contribution in [0.5, 0.6) is 0 Å². The van der Waals surface area contributed by atoms with E-state index in [1.165, 1.54) is 24.9 Å². The summed E-state index contributed by atoms with van der Waals surface area (Å²) in [6.07, 6.45) is 2.03. The van der Waals surface area contributed by atoms with Gasteiger partial charge in [-0.2, -0.15) is 11.8 Å². The molecule has 0 aromatic heterocycles. The first-order chi connectivity index (χ1) is 9.45. The predicted octanol–water partition coefficient (Wildman–Crippen LogP) is 0.625. The van der Waals surface area contributed by atoms with Gasteiger partial charge in [0.2, 0.25) is 0 Å². The van der Waals surface area contributed by atoms with Gasteiger partial charge in [-0.25, -0.2) is 0 Å². The Morgan fingerprint density at radius 3 is 2.15 bits per heavy atom. The highest BCUT2D eigenvalue weighted by molar-refractivity contribution is 7.98. The van der Waals surface area contributed by atoms with Crippen LogP contribution >= 0.6 is 11.8 Å². The van der Waals surface area contributed by atoms with Crippen LogP contribution < -0.4 is 5.11 Å². The van der Waals surface area contributed by atoms with Crippen LogP contribution in [-0.4, -0.2) is 76.1 Å². The van der Waals surface area contributed by atoms with Gasteiger partial charge in [-0.05, 0) is 32.3 Å². The maximum absolute atomic E-state index is 9.63. The average Bonchev–Trinajstić information content (AvgIpc) is 2.45. The van der Waals surface area contributed by atoms with Crippen molar-refractivity contribution in [2.45, 2.75) is 20.3 Å². The molecule has 0 aliphatic rings. The summed E-state index contributed by atoms with van der Waals surface area (Å²) in [5.41, 5.74) is 0. The Bertz CT molecular complexity index is 223. The van der Waals surface area contributed by atoms with Gasteiger partial charge in [0.05, 0.1) is 40.0 Å². The third kappa shape index (κ3) is 15.8. The second-order valence-electron chi connectivity index (χ2n) is 4.70. The number of quaternary nitrogens is 1. The zero-order chi connectivity index (χ0) is 15.9. The molecule has 0 aliphatic heterocycles. The zero-order valence-corrected chi connectivity index (χ0v) is 14.5. The molecular formula is C14H31NO4S. The first-order valence-corrected chi connectivity index (χ1v) is 8.44. The van der Waals surface area contributed by atoms with E-state index in [0.29, 0.717) is 19.0 Å². The minimum Gasteiger partial charge on any atom is -0.550 e. The second kappa shape index (κ2) is 15.1. The number of methoxy groups -OCH3 is 1. The lowest BCUT2D eigenvalue weighted by Crippen LogP contribution is -2.45. The molecule has 0 saturated heterocycles. The number of hydrogen-bond donors (Lipinski definition) is 0. The van der Waals surface area contributed by atoms with E-state index < -0.39 is 5.97 Å². The molecule has 122 valence electrons.